The van der Waals surface area contributed by atoms with Crippen LogP contribution < -0.4 is 0 Å². The molecule has 21 heavy (non-hydrogen) atoms. The van der Waals surface area contributed by atoms with Crippen molar-refractivity contribution in [3.05, 3.63) is 35.2 Å². The van der Waals surface area contributed by atoms with E-state index in [-0.39, 0.29) is 12.5 Å². The van der Waals surface area contributed by atoms with E-state index >= 15 is 0 Å². The third-order valence-electron chi connectivity index (χ3n) is 3.46. The molecule has 0 aliphatic carbocycles. The van der Waals surface area contributed by atoms with E-state index in [1.54, 1.807) is 18.3 Å². The van der Waals surface area contributed by atoms with Crippen molar-refractivity contribution in [1.29, 1.82) is 0 Å². The molecule has 0 aliphatic heterocycles. The van der Waals surface area contributed by atoms with Gasteiger partial charge in [-0.25, -0.2) is 0 Å². The number of aryl methyl sites for hydroxylation is 1. The lowest BCUT2D eigenvalue weighted by atomic mass is 10.1. The summed E-state index contributed by atoms with van der Waals surface area (Å²) in [5.41, 5.74) is 1.27. The second-order valence-corrected chi connectivity index (χ2v) is 5.82. The molecular weight excluding hydrogens is 286 g/mol. The first-order valence-electron chi connectivity index (χ1n) is 7.06. The molecular formula is C16H19NO3S. The maximum absolute atomic E-state index is 12.0. The number of rotatable bonds is 7. The fourth-order valence-corrected chi connectivity index (χ4v) is 3.35. The Balaban J connectivity index is 1.89. The molecule has 1 aromatic heterocycles. The van der Waals surface area contributed by atoms with Gasteiger partial charge in [0, 0.05) is 17.7 Å². The van der Waals surface area contributed by atoms with Gasteiger partial charge in [-0.15, -0.1) is 11.3 Å². The Hall–Kier alpha value is -1.88. The molecule has 0 saturated heterocycles. The smallest absolute Gasteiger partial charge is 0.323 e. The first-order valence-corrected chi connectivity index (χ1v) is 7.94. The van der Waals surface area contributed by atoms with Gasteiger partial charge in [0.05, 0.1) is 0 Å². The number of hydrogen-bond acceptors (Lipinski definition) is 3. The van der Waals surface area contributed by atoms with Crippen LogP contribution in [0.3, 0.4) is 0 Å². The monoisotopic (exact) mass is 305 g/mol. The van der Waals surface area contributed by atoms with Crippen LogP contribution in [0.5, 0.6) is 0 Å². The number of aliphatic carboxylic acids is 1. The van der Waals surface area contributed by atoms with Crippen molar-refractivity contribution in [1.82, 2.24) is 4.90 Å². The van der Waals surface area contributed by atoms with Crippen LogP contribution in [-0.4, -0.2) is 35.0 Å². The van der Waals surface area contributed by atoms with Crippen molar-refractivity contribution in [3.8, 4) is 0 Å². The molecule has 0 aliphatic rings. The van der Waals surface area contributed by atoms with Gasteiger partial charge in [-0.2, -0.15) is 0 Å². The van der Waals surface area contributed by atoms with E-state index in [9.17, 15) is 9.59 Å². The average molecular weight is 305 g/mol. The van der Waals surface area contributed by atoms with E-state index in [0.717, 1.165) is 12.8 Å². The number of likely N-dealkylation sites (N-methyl/N-ethyl adjacent to an activating group) is 1. The van der Waals surface area contributed by atoms with Crippen LogP contribution in [0.1, 0.15) is 25.3 Å². The van der Waals surface area contributed by atoms with Gasteiger partial charge in [-0.05, 0) is 42.2 Å². The van der Waals surface area contributed by atoms with Gasteiger partial charge in [0.15, 0.2) is 0 Å². The highest BCUT2D eigenvalue weighted by atomic mass is 32.1. The summed E-state index contributed by atoms with van der Waals surface area (Å²) in [4.78, 5) is 24.0. The minimum absolute atomic E-state index is 0.0839. The molecule has 4 nitrogen and oxygen atoms in total. The predicted octanol–water partition coefficient (Wildman–Crippen LogP) is 3.16. The topological polar surface area (TPSA) is 57.6 Å². The third kappa shape index (κ3) is 4.04. The van der Waals surface area contributed by atoms with E-state index in [0.29, 0.717) is 13.0 Å². The molecule has 0 radical (unpaired) electrons. The Morgan fingerprint density at radius 1 is 1.29 bits per heavy atom. The van der Waals surface area contributed by atoms with Crippen LogP contribution in [0.4, 0.5) is 0 Å². The van der Waals surface area contributed by atoms with E-state index < -0.39 is 5.97 Å². The van der Waals surface area contributed by atoms with Crippen LogP contribution in [0, 0.1) is 0 Å². The summed E-state index contributed by atoms with van der Waals surface area (Å²) in [6.07, 6.45) is 1.99. The van der Waals surface area contributed by atoms with Gasteiger partial charge in [-0.3, -0.25) is 9.59 Å². The highest BCUT2D eigenvalue weighted by Gasteiger charge is 2.14. The van der Waals surface area contributed by atoms with E-state index in [2.05, 4.69) is 17.5 Å². The van der Waals surface area contributed by atoms with Crippen LogP contribution in [0.15, 0.2) is 29.6 Å². The number of carboxylic acids is 1. The number of hydrogen-bond donors (Lipinski definition) is 1. The zero-order valence-corrected chi connectivity index (χ0v) is 12.9. The first-order chi connectivity index (χ1) is 10.1. The molecule has 1 aromatic carbocycles. The predicted molar refractivity (Wildman–Crippen MR) is 84.7 cm³/mol. The third-order valence-corrected chi connectivity index (χ3v) is 4.47. The van der Waals surface area contributed by atoms with E-state index in [1.165, 1.54) is 20.5 Å². The largest absolute Gasteiger partial charge is 0.480 e. The fraction of sp³-hybridized carbons (Fsp3) is 0.375. The van der Waals surface area contributed by atoms with Crippen molar-refractivity contribution < 1.29 is 14.7 Å². The van der Waals surface area contributed by atoms with Gasteiger partial charge in [0.25, 0.3) is 0 Å². The van der Waals surface area contributed by atoms with Gasteiger partial charge in [-0.1, -0.05) is 18.2 Å². The van der Waals surface area contributed by atoms with Crippen LogP contribution in [-0.2, 0) is 16.0 Å². The summed E-state index contributed by atoms with van der Waals surface area (Å²) in [6, 6.07) is 8.25. The van der Waals surface area contributed by atoms with E-state index in [1.807, 2.05) is 12.1 Å². The Morgan fingerprint density at radius 2 is 2.05 bits per heavy atom. The average Bonchev–Trinajstić information content (AvgIpc) is 2.88. The van der Waals surface area contributed by atoms with Crippen molar-refractivity contribution >= 4 is 33.3 Å². The zero-order chi connectivity index (χ0) is 15.2. The second-order valence-electron chi connectivity index (χ2n) is 4.91. The zero-order valence-electron chi connectivity index (χ0n) is 12.0. The van der Waals surface area contributed by atoms with Gasteiger partial charge < -0.3 is 10.0 Å². The summed E-state index contributed by atoms with van der Waals surface area (Å²) in [6.45, 7) is 2.02. The molecule has 0 bridgehead atoms. The van der Waals surface area contributed by atoms with E-state index in [4.69, 9.17) is 5.11 Å². The van der Waals surface area contributed by atoms with Gasteiger partial charge in [0.2, 0.25) is 5.91 Å². The number of nitrogens with zero attached hydrogens (tertiary/aromatic N) is 1. The second kappa shape index (κ2) is 7.22. The molecule has 0 saturated carbocycles. The Morgan fingerprint density at radius 3 is 2.76 bits per heavy atom. The molecule has 0 atom stereocenters. The number of fused-ring (bicyclic) bond motifs is 1. The number of benzene rings is 1. The lowest BCUT2D eigenvalue weighted by Gasteiger charge is -2.18. The molecule has 0 unspecified atom stereocenters. The van der Waals surface area contributed by atoms with Gasteiger partial charge in [0.1, 0.15) is 6.54 Å². The summed E-state index contributed by atoms with van der Waals surface area (Å²) >= 11 is 1.72. The van der Waals surface area contributed by atoms with Crippen LogP contribution >= 0.6 is 11.3 Å². The fourth-order valence-electron chi connectivity index (χ4n) is 2.35. The molecule has 1 amide bonds. The molecule has 0 fully saturated rings. The molecule has 0 spiro atoms. The normalized spacial score (nSPS) is 10.7. The van der Waals surface area contributed by atoms with Crippen LogP contribution in [0.25, 0.3) is 10.1 Å². The summed E-state index contributed by atoms with van der Waals surface area (Å²) in [5, 5.41) is 12.2. The van der Waals surface area contributed by atoms with Crippen LogP contribution in [0.2, 0.25) is 0 Å². The quantitative estimate of drug-likeness (QED) is 0.855. The highest BCUT2D eigenvalue weighted by Crippen LogP contribution is 2.26. The minimum Gasteiger partial charge on any atom is -0.480 e. The van der Waals surface area contributed by atoms with Crippen molar-refractivity contribution in [2.75, 3.05) is 13.1 Å². The summed E-state index contributed by atoms with van der Waals surface area (Å²) < 4.78 is 1.26. The molecule has 112 valence electrons. The molecule has 2 aromatic rings. The molecule has 1 N–H and O–H groups in total. The number of carbonyl (C=O) groups excluding carboxylic acids is 1. The SMILES string of the molecule is CCN(CC(=O)O)C(=O)CCCc1csc2ccccc12. The minimum atomic E-state index is -0.964. The first kappa shape index (κ1) is 15.5. The molecule has 2 rings (SSSR count). The highest BCUT2D eigenvalue weighted by molar-refractivity contribution is 7.17. The standard InChI is InChI=1S/C16H19NO3S/c1-2-17(10-16(19)20)15(18)9-5-6-12-11-21-14-8-4-3-7-13(12)14/h3-4,7-8,11H,2,5-6,9-10H2,1H3,(H,19,20). The summed E-state index contributed by atoms with van der Waals surface area (Å²) in [5.74, 6) is -1.05. The number of thiophene rings is 1. The Bertz CT molecular complexity index is 635. The maximum atomic E-state index is 12.0. The Kier molecular flexibility index (Phi) is 5.33. The number of amides is 1. The summed E-state index contributed by atoms with van der Waals surface area (Å²) in [7, 11) is 0. The number of carboxylic acid groups (broad SMARTS) is 1. The van der Waals surface area contributed by atoms with Crippen molar-refractivity contribution in [3.63, 3.8) is 0 Å². The van der Waals surface area contributed by atoms with Crippen molar-refractivity contribution in [2.45, 2.75) is 26.2 Å². The molecule has 5 heteroatoms. The lowest BCUT2D eigenvalue weighted by molar-refractivity contribution is -0.144. The van der Waals surface area contributed by atoms with Crippen molar-refractivity contribution in [2.24, 2.45) is 0 Å². The van der Waals surface area contributed by atoms with Gasteiger partial charge >= 0.3 is 5.97 Å². The maximum Gasteiger partial charge on any atom is 0.323 e. The number of carbonyl (C=O) groups is 2. The Labute approximate surface area is 128 Å². The lowest BCUT2D eigenvalue weighted by Crippen LogP contribution is -2.35. The molecule has 1 heterocycles.